The SMILES string of the molecule is O=C(CCC(=O)N1CCSc2ccccc21)NNC(=O)c1c[nH]c2ccccc12. The van der Waals surface area contributed by atoms with Crippen molar-refractivity contribution in [2.24, 2.45) is 0 Å². The highest BCUT2D eigenvalue weighted by molar-refractivity contribution is 7.99. The maximum absolute atomic E-state index is 12.6. The monoisotopic (exact) mass is 408 g/mol. The lowest BCUT2D eigenvalue weighted by molar-refractivity contribution is -0.125. The van der Waals surface area contributed by atoms with Crippen molar-refractivity contribution in [3.63, 3.8) is 0 Å². The second-order valence-corrected chi connectivity index (χ2v) is 7.75. The third kappa shape index (κ3) is 4.12. The van der Waals surface area contributed by atoms with E-state index < -0.39 is 11.8 Å². The normalized spacial score (nSPS) is 13.0. The van der Waals surface area contributed by atoms with Crippen LogP contribution in [0.1, 0.15) is 23.2 Å². The first-order chi connectivity index (χ1) is 14.1. The van der Waals surface area contributed by atoms with E-state index in [1.807, 2.05) is 48.5 Å². The Hall–Kier alpha value is -3.26. The fourth-order valence-corrected chi connectivity index (χ4v) is 4.29. The number of anilines is 1. The fourth-order valence-electron chi connectivity index (χ4n) is 3.30. The van der Waals surface area contributed by atoms with Crippen molar-refractivity contribution in [3.05, 3.63) is 60.3 Å². The predicted molar refractivity (Wildman–Crippen MR) is 113 cm³/mol. The molecule has 0 fully saturated rings. The maximum atomic E-state index is 12.6. The summed E-state index contributed by atoms with van der Waals surface area (Å²) in [7, 11) is 0. The summed E-state index contributed by atoms with van der Waals surface area (Å²) < 4.78 is 0. The van der Waals surface area contributed by atoms with Crippen LogP contribution in [0, 0.1) is 0 Å². The van der Waals surface area contributed by atoms with Gasteiger partial charge in [0, 0.05) is 47.1 Å². The van der Waals surface area contributed by atoms with Gasteiger partial charge in [0.15, 0.2) is 0 Å². The lowest BCUT2D eigenvalue weighted by Crippen LogP contribution is -2.42. The molecule has 4 rings (SSSR count). The standard InChI is InChI=1S/C21H20N4O3S/c26-19(23-24-21(28)15-13-22-16-6-2-1-5-14(15)16)9-10-20(27)25-11-12-29-18-8-4-3-7-17(18)25/h1-8,13,22H,9-12H2,(H,23,26)(H,24,28). The number of carbonyl (C=O) groups is 3. The van der Waals surface area contributed by atoms with Gasteiger partial charge < -0.3 is 9.88 Å². The van der Waals surface area contributed by atoms with E-state index in [2.05, 4.69) is 15.8 Å². The highest BCUT2D eigenvalue weighted by Gasteiger charge is 2.23. The van der Waals surface area contributed by atoms with Gasteiger partial charge in [0.05, 0.1) is 11.3 Å². The summed E-state index contributed by atoms with van der Waals surface area (Å²) in [6, 6.07) is 15.2. The molecule has 0 spiro atoms. The molecule has 7 nitrogen and oxygen atoms in total. The molecular weight excluding hydrogens is 388 g/mol. The Labute approximate surface area is 171 Å². The van der Waals surface area contributed by atoms with E-state index >= 15 is 0 Å². The minimum Gasteiger partial charge on any atom is -0.360 e. The van der Waals surface area contributed by atoms with Gasteiger partial charge in [0.25, 0.3) is 5.91 Å². The first-order valence-corrected chi connectivity index (χ1v) is 10.3. The summed E-state index contributed by atoms with van der Waals surface area (Å²) in [5.74, 6) is -0.0958. The van der Waals surface area contributed by atoms with Gasteiger partial charge in [-0.25, -0.2) is 0 Å². The molecule has 2 heterocycles. The zero-order chi connectivity index (χ0) is 20.2. The Bertz CT molecular complexity index is 1080. The number of hydrazine groups is 1. The van der Waals surface area contributed by atoms with E-state index in [1.54, 1.807) is 22.9 Å². The summed E-state index contributed by atoms with van der Waals surface area (Å²) in [5.41, 5.74) is 6.97. The largest absolute Gasteiger partial charge is 0.360 e. The van der Waals surface area contributed by atoms with Crippen molar-refractivity contribution >= 4 is 46.1 Å². The number of benzene rings is 2. The predicted octanol–water partition coefficient (Wildman–Crippen LogP) is 2.85. The molecule has 0 bridgehead atoms. The summed E-state index contributed by atoms with van der Waals surface area (Å²) in [4.78, 5) is 42.8. The van der Waals surface area contributed by atoms with Crippen LogP contribution in [0.4, 0.5) is 5.69 Å². The van der Waals surface area contributed by atoms with Gasteiger partial charge in [-0.3, -0.25) is 25.2 Å². The molecule has 8 heteroatoms. The molecule has 3 amide bonds. The summed E-state index contributed by atoms with van der Waals surface area (Å²) in [5, 5.41) is 0.774. The molecular formula is C21H20N4O3S. The molecule has 1 aromatic heterocycles. The molecule has 148 valence electrons. The lowest BCUT2D eigenvalue weighted by atomic mass is 10.2. The van der Waals surface area contributed by atoms with Crippen LogP contribution >= 0.6 is 11.8 Å². The number of aromatic nitrogens is 1. The van der Waals surface area contributed by atoms with Gasteiger partial charge in [-0.2, -0.15) is 0 Å². The topological polar surface area (TPSA) is 94.3 Å². The molecule has 0 unspecified atom stereocenters. The minimum atomic E-state index is -0.413. The number of fused-ring (bicyclic) bond motifs is 2. The quantitative estimate of drug-likeness (QED) is 0.579. The number of H-pyrrole nitrogens is 1. The second kappa shape index (κ2) is 8.40. The number of aromatic amines is 1. The highest BCUT2D eigenvalue weighted by atomic mass is 32.2. The van der Waals surface area contributed by atoms with E-state index in [0.29, 0.717) is 12.1 Å². The first kappa shape index (κ1) is 19.1. The lowest BCUT2D eigenvalue weighted by Gasteiger charge is -2.29. The highest BCUT2D eigenvalue weighted by Crippen LogP contribution is 2.34. The van der Waals surface area contributed by atoms with E-state index in [0.717, 1.165) is 27.2 Å². The van der Waals surface area contributed by atoms with Crippen LogP contribution < -0.4 is 15.8 Å². The Balaban J connectivity index is 1.29. The third-order valence-electron chi connectivity index (χ3n) is 4.74. The van der Waals surface area contributed by atoms with Gasteiger partial charge in [-0.1, -0.05) is 30.3 Å². The van der Waals surface area contributed by atoms with Gasteiger partial charge in [-0.05, 0) is 18.2 Å². The molecule has 3 N–H and O–H groups in total. The number of hydrogen-bond acceptors (Lipinski definition) is 4. The number of rotatable bonds is 4. The summed E-state index contributed by atoms with van der Waals surface area (Å²) in [6.07, 6.45) is 1.67. The minimum absolute atomic E-state index is 0.00118. The van der Waals surface area contributed by atoms with E-state index in [-0.39, 0.29) is 18.7 Å². The molecule has 0 atom stereocenters. The van der Waals surface area contributed by atoms with Crippen LogP contribution in [0.2, 0.25) is 0 Å². The number of nitrogens with zero attached hydrogens (tertiary/aromatic N) is 1. The van der Waals surface area contributed by atoms with Crippen LogP contribution in [-0.4, -0.2) is 35.0 Å². The number of para-hydroxylation sites is 2. The van der Waals surface area contributed by atoms with Crippen molar-refractivity contribution in [2.45, 2.75) is 17.7 Å². The summed E-state index contributed by atoms with van der Waals surface area (Å²) >= 11 is 1.72. The molecule has 29 heavy (non-hydrogen) atoms. The fraction of sp³-hybridized carbons (Fsp3) is 0.190. The smallest absolute Gasteiger partial charge is 0.271 e. The number of thioether (sulfide) groups is 1. The average Bonchev–Trinajstić information content (AvgIpc) is 3.19. The molecule has 0 saturated heterocycles. The Kier molecular flexibility index (Phi) is 5.53. The van der Waals surface area contributed by atoms with Crippen LogP contribution in [0.3, 0.4) is 0 Å². The van der Waals surface area contributed by atoms with Gasteiger partial charge >= 0.3 is 0 Å². The number of amides is 3. The number of carbonyl (C=O) groups excluding carboxylic acids is 3. The van der Waals surface area contributed by atoms with Crippen molar-refractivity contribution in [1.29, 1.82) is 0 Å². The Morgan fingerprint density at radius 1 is 1.00 bits per heavy atom. The molecule has 1 aliphatic rings. The van der Waals surface area contributed by atoms with Crippen LogP contribution in [-0.2, 0) is 9.59 Å². The molecule has 2 aromatic carbocycles. The van der Waals surface area contributed by atoms with Gasteiger partial charge in [0.2, 0.25) is 11.8 Å². The van der Waals surface area contributed by atoms with Crippen molar-refractivity contribution in [1.82, 2.24) is 15.8 Å². The van der Waals surface area contributed by atoms with E-state index in [1.165, 1.54) is 0 Å². The van der Waals surface area contributed by atoms with Crippen molar-refractivity contribution < 1.29 is 14.4 Å². The molecule has 1 aliphatic heterocycles. The van der Waals surface area contributed by atoms with Crippen molar-refractivity contribution in [3.8, 4) is 0 Å². The van der Waals surface area contributed by atoms with Crippen LogP contribution in [0.25, 0.3) is 10.9 Å². The molecule has 0 radical (unpaired) electrons. The zero-order valence-corrected chi connectivity index (χ0v) is 16.4. The van der Waals surface area contributed by atoms with Crippen LogP contribution in [0.5, 0.6) is 0 Å². The van der Waals surface area contributed by atoms with Gasteiger partial charge in [0.1, 0.15) is 0 Å². The maximum Gasteiger partial charge on any atom is 0.271 e. The Morgan fingerprint density at radius 2 is 1.79 bits per heavy atom. The van der Waals surface area contributed by atoms with Gasteiger partial charge in [-0.15, -0.1) is 11.8 Å². The second-order valence-electron chi connectivity index (χ2n) is 6.61. The number of nitrogens with one attached hydrogen (secondary N) is 3. The first-order valence-electron chi connectivity index (χ1n) is 9.31. The zero-order valence-electron chi connectivity index (χ0n) is 15.6. The third-order valence-corrected chi connectivity index (χ3v) is 5.79. The molecule has 3 aromatic rings. The molecule has 0 aliphatic carbocycles. The average molecular weight is 408 g/mol. The number of hydrogen-bond donors (Lipinski definition) is 3. The van der Waals surface area contributed by atoms with E-state index in [4.69, 9.17) is 0 Å². The Morgan fingerprint density at radius 3 is 2.69 bits per heavy atom. The van der Waals surface area contributed by atoms with E-state index in [9.17, 15) is 14.4 Å². The summed E-state index contributed by atoms with van der Waals surface area (Å²) in [6.45, 7) is 0.624. The van der Waals surface area contributed by atoms with Crippen LogP contribution in [0.15, 0.2) is 59.6 Å². The van der Waals surface area contributed by atoms with Crippen molar-refractivity contribution in [2.75, 3.05) is 17.2 Å². The molecule has 0 saturated carbocycles.